The summed E-state index contributed by atoms with van der Waals surface area (Å²) in [6.07, 6.45) is -1.40. The van der Waals surface area contributed by atoms with Gasteiger partial charge in [-0.1, -0.05) is 37.5 Å². The van der Waals surface area contributed by atoms with Crippen LogP contribution in [0.15, 0.2) is 24.3 Å². The van der Waals surface area contributed by atoms with Crippen LogP contribution in [0.3, 0.4) is 0 Å². The Labute approximate surface area is 128 Å². The molecule has 0 bridgehead atoms. The molecular formula is C15H19F3O3S. The number of hydrogen-bond acceptors (Lipinski definition) is 3. The fourth-order valence-corrected chi connectivity index (χ4v) is 4.91. The van der Waals surface area contributed by atoms with Crippen LogP contribution in [0.1, 0.15) is 43.2 Å². The van der Waals surface area contributed by atoms with Crippen LogP contribution in [0.4, 0.5) is 13.2 Å². The lowest BCUT2D eigenvalue weighted by Crippen LogP contribution is -2.39. The van der Waals surface area contributed by atoms with Gasteiger partial charge < -0.3 is 5.11 Å². The smallest absolute Gasteiger partial charge is 0.389 e. The Balaban J connectivity index is 2.19. The van der Waals surface area contributed by atoms with E-state index in [2.05, 4.69) is 0 Å². The number of hydrogen-bond donors (Lipinski definition) is 1. The van der Waals surface area contributed by atoms with Crippen molar-refractivity contribution in [1.29, 1.82) is 0 Å². The van der Waals surface area contributed by atoms with Crippen molar-refractivity contribution in [3.05, 3.63) is 35.4 Å². The molecule has 124 valence electrons. The van der Waals surface area contributed by atoms with Crippen molar-refractivity contribution in [1.82, 2.24) is 0 Å². The summed E-state index contributed by atoms with van der Waals surface area (Å²) < 4.78 is 63.2. The quantitative estimate of drug-likeness (QED) is 0.918. The van der Waals surface area contributed by atoms with Crippen molar-refractivity contribution >= 4 is 9.84 Å². The van der Waals surface area contributed by atoms with E-state index >= 15 is 0 Å². The van der Waals surface area contributed by atoms with Crippen LogP contribution >= 0.6 is 0 Å². The summed E-state index contributed by atoms with van der Waals surface area (Å²) in [5, 5.41) is 10.3. The Morgan fingerprint density at radius 2 is 1.68 bits per heavy atom. The van der Waals surface area contributed by atoms with E-state index in [0.717, 1.165) is 25.3 Å². The summed E-state index contributed by atoms with van der Waals surface area (Å²) in [5.41, 5.74) is -2.51. The normalized spacial score (nSPS) is 19.1. The molecule has 0 atom stereocenters. The zero-order valence-corrected chi connectivity index (χ0v) is 12.9. The number of aliphatic hydroxyl groups is 1. The third kappa shape index (κ3) is 4.46. The van der Waals surface area contributed by atoms with Crippen LogP contribution in [0.2, 0.25) is 0 Å². The van der Waals surface area contributed by atoms with Gasteiger partial charge in [0.05, 0.1) is 22.7 Å². The highest BCUT2D eigenvalue weighted by molar-refractivity contribution is 7.90. The first-order chi connectivity index (χ1) is 10.1. The Hall–Kier alpha value is -1.08. The second-order valence-electron chi connectivity index (χ2n) is 5.97. The average Bonchev–Trinajstić information content (AvgIpc) is 2.36. The van der Waals surface area contributed by atoms with Gasteiger partial charge in [-0.25, -0.2) is 8.42 Å². The van der Waals surface area contributed by atoms with E-state index in [4.69, 9.17) is 0 Å². The monoisotopic (exact) mass is 336 g/mol. The zero-order valence-electron chi connectivity index (χ0n) is 12.1. The lowest BCUT2D eigenvalue weighted by atomic mass is 9.86. The fraction of sp³-hybridized carbons (Fsp3) is 0.600. The second kappa shape index (κ2) is 6.20. The van der Waals surface area contributed by atoms with Gasteiger partial charge in [-0.3, -0.25) is 0 Å². The topological polar surface area (TPSA) is 54.4 Å². The molecule has 0 unspecified atom stereocenters. The molecule has 1 aliphatic carbocycles. The van der Waals surface area contributed by atoms with E-state index in [1.54, 1.807) is 0 Å². The largest absolute Gasteiger partial charge is 0.416 e. The van der Waals surface area contributed by atoms with Gasteiger partial charge in [0, 0.05) is 0 Å². The number of alkyl halides is 3. The van der Waals surface area contributed by atoms with Crippen molar-refractivity contribution in [2.24, 2.45) is 0 Å². The molecule has 7 heteroatoms. The van der Waals surface area contributed by atoms with Gasteiger partial charge >= 0.3 is 6.18 Å². The molecular weight excluding hydrogens is 317 g/mol. The summed E-state index contributed by atoms with van der Waals surface area (Å²) in [7, 11) is -3.83. The average molecular weight is 336 g/mol. The third-order valence-electron chi connectivity index (χ3n) is 3.97. The molecule has 1 aromatic carbocycles. The minimum absolute atomic E-state index is 0.269. The van der Waals surface area contributed by atoms with Gasteiger partial charge in [0.2, 0.25) is 0 Å². The van der Waals surface area contributed by atoms with Gasteiger partial charge in [0.15, 0.2) is 9.84 Å². The molecule has 0 radical (unpaired) electrons. The lowest BCUT2D eigenvalue weighted by molar-refractivity contribution is -0.138. The maximum Gasteiger partial charge on any atom is 0.416 e. The number of sulfone groups is 1. The zero-order chi connectivity index (χ0) is 16.4. The van der Waals surface area contributed by atoms with E-state index in [1.807, 2.05) is 0 Å². The highest BCUT2D eigenvalue weighted by atomic mass is 32.2. The lowest BCUT2D eigenvalue weighted by Gasteiger charge is -2.31. The maximum atomic E-state index is 12.9. The molecule has 22 heavy (non-hydrogen) atoms. The summed E-state index contributed by atoms with van der Waals surface area (Å²) in [6, 6.07) is 4.66. The van der Waals surface area contributed by atoms with Gasteiger partial charge in [-0.05, 0) is 24.5 Å². The molecule has 3 nitrogen and oxygen atoms in total. The van der Waals surface area contributed by atoms with Gasteiger partial charge in [0.25, 0.3) is 0 Å². The van der Waals surface area contributed by atoms with E-state index in [9.17, 15) is 26.7 Å². The van der Waals surface area contributed by atoms with Crippen LogP contribution in [-0.2, 0) is 21.8 Å². The molecule has 1 saturated carbocycles. The maximum absolute atomic E-state index is 12.9. The minimum Gasteiger partial charge on any atom is -0.389 e. The highest BCUT2D eigenvalue weighted by Crippen LogP contribution is 2.34. The van der Waals surface area contributed by atoms with Crippen molar-refractivity contribution < 1.29 is 26.7 Å². The summed E-state index contributed by atoms with van der Waals surface area (Å²) in [4.78, 5) is 0. The molecule has 0 amide bonds. The molecule has 2 rings (SSSR count). The Morgan fingerprint density at radius 3 is 2.27 bits per heavy atom. The molecule has 1 N–H and O–H groups in total. The molecule has 0 aromatic heterocycles. The first-order valence-electron chi connectivity index (χ1n) is 7.19. The predicted molar refractivity (Wildman–Crippen MR) is 77.0 cm³/mol. The first-order valence-corrected chi connectivity index (χ1v) is 9.01. The second-order valence-corrected chi connectivity index (χ2v) is 8.04. The Morgan fingerprint density at radius 1 is 1.09 bits per heavy atom. The van der Waals surface area contributed by atoms with Gasteiger partial charge in [-0.2, -0.15) is 13.2 Å². The van der Waals surface area contributed by atoms with Gasteiger partial charge in [0.1, 0.15) is 0 Å². The molecule has 1 aromatic rings. The van der Waals surface area contributed by atoms with Crippen LogP contribution in [0, 0.1) is 0 Å². The molecule has 0 heterocycles. The Bertz CT molecular complexity index is 617. The minimum atomic E-state index is -4.59. The summed E-state index contributed by atoms with van der Waals surface area (Å²) in [5.74, 6) is -1.18. The van der Waals surface area contributed by atoms with E-state index < -0.39 is 38.7 Å². The van der Waals surface area contributed by atoms with Crippen LogP contribution in [-0.4, -0.2) is 24.9 Å². The summed E-state index contributed by atoms with van der Waals surface area (Å²) >= 11 is 0. The van der Waals surface area contributed by atoms with Crippen LogP contribution in [0.25, 0.3) is 0 Å². The number of halogens is 3. The molecule has 1 fully saturated rings. The number of benzene rings is 1. The third-order valence-corrected chi connectivity index (χ3v) is 5.70. The van der Waals surface area contributed by atoms with Crippen molar-refractivity contribution in [2.75, 3.05) is 5.75 Å². The van der Waals surface area contributed by atoms with Crippen molar-refractivity contribution in [3.8, 4) is 0 Å². The SMILES string of the molecule is O=S(=O)(Cc1ccccc1C(F)(F)F)CC1(O)CCCCC1. The van der Waals surface area contributed by atoms with Crippen LogP contribution in [0.5, 0.6) is 0 Å². The fourth-order valence-electron chi connectivity index (χ4n) is 2.97. The first kappa shape index (κ1) is 17.3. The van der Waals surface area contributed by atoms with Gasteiger partial charge in [-0.15, -0.1) is 0 Å². The molecule has 0 spiro atoms. The number of rotatable bonds is 4. The van der Waals surface area contributed by atoms with Crippen LogP contribution < -0.4 is 0 Å². The van der Waals surface area contributed by atoms with E-state index in [0.29, 0.717) is 12.8 Å². The van der Waals surface area contributed by atoms with Crippen molar-refractivity contribution in [3.63, 3.8) is 0 Å². The standard InChI is InChI=1S/C15H19F3O3S/c16-15(17,18)13-7-3-2-6-12(13)10-22(20,21)11-14(19)8-4-1-5-9-14/h2-3,6-7,19H,1,4-5,8-11H2. The van der Waals surface area contributed by atoms with E-state index in [-0.39, 0.29) is 5.56 Å². The summed E-state index contributed by atoms with van der Waals surface area (Å²) in [6.45, 7) is 0. The molecule has 0 saturated heterocycles. The predicted octanol–water partition coefficient (Wildman–Crippen LogP) is 3.32. The highest BCUT2D eigenvalue weighted by Gasteiger charge is 2.37. The van der Waals surface area contributed by atoms with E-state index in [1.165, 1.54) is 18.2 Å². The molecule has 1 aliphatic rings. The molecule has 0 aliphatic heterocycles. The Kier molecular flexibility index (Phi) is 4.87. The van der Waals surface area contributed by atoms with Crippen molar-refractivity contribution in [2.45, 2.75) is 49.6 Å².